The Kier molecular flexibility index (Phi) is 8.23. The summed E-state index contributed by atoms with van der Waals surface area (Å²) in [6.45, 7) is 10.3. The molecule has 7 heteroatoms. The molecule has 7 nitrogen and oxygen atoms in total. The van der Waals surface area contributed by atoms with Gasteiger partial charge in [0.2, 0.25) is 5.91 Å². The third-order valence-corrected chi connectivity index (χ3v) is 5.23. The zero-order chi connectivity index (χ0) is 20.7. The molecule has 1 aromatic rings. The molecule has 1 unspecified atom stereocenters. The molecule has 1 aromatic heterocycles. The number of piperidine rings is 1. The number of rotatable bonds is 9. The van der Waals surface area contributed by atoms with E-state index in [1.54, 1.807) is 20.8 Å². The van der Waals surface area contributed by atoms with E-state index >= 15 is 0 Å². The highest BCUT2D eigenvalue weighted by atomic mass is 16.5. The number of aryl methyl sites for hydroxylation is 1. The Labute approximate surface area is 167 Å². The Morgan fingerprint density at radius 2 is 2.00 bits per heavy atom. The van der Waals surface area contributed by atoms with E-state index in [9.17, 15) is 14.4 Å². The highest BCUT2D eigenvalue weighted by Gasteiger charge is 2.26. The van der Waals surface area contributed by atoms with Crippen molar-refractivity contribution in [3.8, 4) is 0 Å². The summed E-state index contributed by atoms with van der Waals surface area (Å²) in [4.78, 5) is 41.9. The Balaban J connectivity index is 1.96. The minimum absolute atomic E-state index is 0.0215. The molecular weight excluding hydrogens is 358 g/mol. The fourth-order valence-electron chi connectivity index (χ4n) is 3.86. The molecule has 156 valence electrons. The molecule has 0 aliphatic carbocycles. The Morgan fingerprint density at radius 1 is 1.25 bits per heavy atom. The van der Waals surface area contributed by atoms with E-state index in [1.807, 2.05) is 6.92 Å². The van der Waals surface area contributed by atoms with Crippen LogP contribution in [0.1, 0.15) is 71.6 Å². The van der Waals surface area contributed by atoms with Gasteiger partial charge in [0.15, 0.2) is 5.78 Å². The van der Waals surface area contributed by atoms with Crippen molar-refractivity contribution in [1.29, 1.82) is 0 Å². The zero-order valence-corrected chi connectivity index (χ0v) is 17.5. The molecule has 1 fully saturated rings. The van der Waals surface area contributed by atoms with Gasteiger partial charge in [0.25, 0.3) is 0 Å². The van der Waals surface area contributed by atoms with E-state index < -0.39 is 5.97 Å². The van der Waals surface area contributed by atoms with Crippen molar-refractivity contribution in [2.24, 2.45) is 5.92 Å². The van der Waals surface area contributed by atoms with Gasteiger partial charge in [-0.3, -0.25) is 14.5 Å². The molecule has 1 aliphatic heterocycles. The van der Waals surface area contributed by atoms with Crippen LogP contribution >= 0.6 is 0 Å². The van der Waals surface area contributed by atoms with E-state index in [-0.39, 0.29) is 11.7 Å². The summed E-state index contributed by atoms with van der Waals surface area (Å²) in [5, 5.41) is 3.00. The number of hydrogen-bond acceptors (Lipinski definition) is 5. The van der Waals surface area contributed by atoms with Crippen molar-refractivity contribution >= 4 is 17.7 Å². The lowest BCUT2D eigenvalue weighted by Crippen LogP contribution is -2.43. The van der Waals surface area contributed by atoms with Crippen LogP contribution in [0.3, 0.4) is 0 Å². The van der Waals surface area contributed by atoms with Gasteiger partial charge in [-0.05, 0) is 58.1 Å². The van der Waals surface area contributed by atoms with Crippen LogP contribution < -0.4 is 5.32 Å². The van der Waals surface area contributed by atoms with Crippen molar-refractivity contribution in [2.75, 3.05) is 32.8 Å². The fraction of sp³-hybridized carbons (Fsp3) is 0.667. The molecule has 28 heavy (non-hydrogen) atoms. The highest BCUT2D eigenvalue weighted by Crippen LogP contribution is 2.21. The number of nitrogens with zero attached hydrogens (tertiary/aromatic N) is 1. The second-order valence-corrected chi connectivity index (χ2v) is 7.57. The molecule has 1 saturated heterocycles. The van der Waals surface area contributed by atoms with Gasteiger partial charge in [0.05, 0.1) is 24.4 Å². The number of aromatic nitrogens is 1. The number of amides is 1. The molecule has 2 N–H and O–H groups in total. The van der Waals surface area contributed by atoms with Crippen molar-refractivity contribution < 1.29 is 19.1 Å². The summed E-state index contributed by atoms with van der Waals surface area (Å²) in [7, 11) is 0. The van der Waals surface area contributed by atoms with Gasteiger partial charge in [-0.1, -0.05) is 6.92 Å². The van der Waals surface area contributed by atoms with Crippen molar-refractivity contribution in [3.63, 3.8) is 0 Å². The molecule has 2 rings (SSSR count). The molecule has 0 radical (unpaired) electrons. The molecule has 1 amide bonds. The number of nitrogens with one attached hydrogen (secondary N) is 2. The second-order valence-electron chi connectivity index (χ2n) is 7.57. The van der Waals surface area contributed by atoms with Crippen LogP contribution in [0.15, 0.2) is 0 Å². The monoisotopic (exact) mass is 391 g/mol. The van der Waals surface area contributed by atoms with E-state index in [2.05, 4.69) is 15.2 Å². The van der Waals surface area contributed by atoms with Gasteiger partial charge in [-0.15, -0.1) is 0 Å². The maximum atomic E-state index is 12.8. The number of H-pyrrole nitrogens is 1. The first kappa shape index (κ1) is 22.1. The van der Waals surface area contributed by atoms with Crippen molar-refractivity contribution in [1.82, 2.24) is 15.2 Å². The minimum atomic E-state index is -0.395. The zero-order valence-electron chi connectivity index (χ0n) is 17.5. The van der Waals surface area contributed by atoms with Crippen LogP contribution in [0, 0.1) is 19.8 Å². The molecule has 1 aliphatic rings. The molecule has 0 spiro atoms. The topological polar surface area (TPSA) is 91.5 Å². The number of aromatic amines is 1. The highest BCUT2D eigenvalue weighted by molar-refractivity contribution is 6.02. The number of Topliss-reactive ketones (excluding diaryl/α,β-unsaturated/α-hetero) is 1. The van der Waals surface area contributed by atoms with Crippen molar-refractivity contribution in [2.45, 2.75) is 53.4 Å². The lowest BCUT2D eigenvalue weighted by atomic mass is 9.97. The summed E-state index contributed by atoms with van der Waals surface area (Å²) < 4.78 is 5.10. The fourth-order valence-corrected chi connectivity index (χ4v) is 3.86. The van der Waals surface area contributed by atoms with Gasteiger partial charge >= 0.3 is 5.97 Å². The van der Waals surface area contributed by atoms with E-state index in [4.69, 9.17) is 4.74 Å². The Morgan fingerprint density at radius 3 is 2.68 bits per heavy atom. The van der Waals surface area contributed by atoms with Gasteiger partial charge in [-0.25, -0.2) is 4.79 Å². The van der Waals surface area contributed by atoms with Crippen LogP contribution in [0.5, 0.6) is 0 Å². The summed E-state index contributed by atoms with van der Waals surface area (Å²) in [6, 6.07) is 0. The number of carbonyl (C=O) groups is 3. The van der Waals surface area contributed by atoms with Crippen LogP contribution in [-0.4, -0.2) is 60.3 Å². The normalized spacial score (nSPS) is 17.4. The number of hydrogen-bond donors (Lipinski definition) is 2. The molecule has 0 saturated carbocycles. The second kappa shape index (κ2) is 10.4. The van der Waals surface area contributed by atoms with Gasteiger partial charge in [0, 0.05) is 25.2 Å². The quantitative estimate of drug-likeness (QED) is 0.499. The SMILES string of the molecule is CCCC(=O)NCC1CCCN(CC(=O)c2[nH]c(C)c(C(=O)OCC)c2C)C1. The number of ketones is 1. The Hall–Kier alpha value is -2.15. The van der Waals surface area contributed by atoms with Crippen LogP contribution in [0.4, 0.5) is 0 Å². The molecular formula is C21H33N3O4. The van der Waals surface area contributed by atoms with Gasteiger partial charge in [0.1, 0.15) is 0 Å². The predicted octanol–water partition coefficient (Wildman–Crippen LogP) is 2.62. The summed E-state index contributed by atoms with van der Waals surface area (Å²) in [6.07, 6.45) is 3.48. The first-order valence-electron chi connectivity index (χ1n) is 10.3. The van der Waals surface area contributed by atoms with E-state index in [1.165, 1.54) is 0 Å². The first-order valence-corrected chi connectivity index (χ1v) is 10.3. The number of esters is 1. The average molecular weight is 392 g/mol. The van der Waals surface area contributed by atoms with Crippen molar-refractivity contribution in [3.05, 3.63) is 22.5 Å². The van der Waals surface area contributed by atoms with Gasteiger partial charge in [-0.2, -0.15) is 0 Å². The Bertz CT molecular complexity index is 711. The third kappa shape index (κ3) is 5.67. The standard InChI is InChI=1S/C21H33N3O4/c1-5-8-18(26)22-11-16-9-7-10-24(12-16)13-17(25)20-14(3)19(15(4)23-20)21(27)28-6-2/h16,23H,5-13H2,1-4H3,(H,22,26). The van der Waals surface area contributed by atoms with E-state index in [0.29, 0.717) is 54.5 Å². The molecule has 0 aromatic carbocycles. The number of likely N-dealkylation sites (tertiary alicyclic amines) is 1. The lowest BCUT2D eigenvalue weighted by Gasteiger charge is -2.32. The van der Waals surface area contributed by atoms with E-state index in [0.717, 1.165) is 32.4 Å². The smallest absolute Gasteiger partial charge is 0.340 e. The van der Waals surface area contributed by atoms with Crippen LogP contribution in [0.25, 0.3) is 0 Å². The summed E-state index contributed by atoms with van der Waals surface area (Å²) in [5.74, 6) is 0.0454. The van der Waals surface area contributed by atoms with Crippen LogP contribution in [0.2, 0.25) is 0 Å². The molecule has 0 bridgehead atoms. The number of carbonyl (C=O) groups excluding carboxylic acids is 3. The predicted molar refractivity (Wildman–Crippen MR) is 108 cm³/mol. The average Bonchev–Trinajstić information content (AvgIpc) is 2.95. The van der Waals surface area contributed by atoms with Crippen LogP contribution in [-0.2, 0) is 9.53 Å². The minimum Gasteiger partial charge on any atom is -0.462 e. The summed E-state index contributed by atoms with van der Waals surface area (Å²) in [5.41, 5.74) is 2.26. The molecule has 1 atom stereocenters. The molecule has 2 heterocycles. The number of ether oxygens (including phenoxy) is 1. The lowest BCUT2D eigenvalue weighted by molar-refractivity contribution is -0.121. The first-order chi connectivity index (χ1) is 13.4. The summed E-state index contributed by atoms with van der Waals surface area (Å²) >= 11 is 0. The maximum Gasteiger partial charge on any atom is 0.340 e. The largest absolute Gasteiger partial charge is 0.462 e. The van der Waals surface area contributed by atoms with Gasteiger partial charge < -0.3 is 15.0 Å². The third-order valence-electron chi connectivity index (χ3n) is 5.23. The maximum absolute atomic E-state index is 12.8.